The zero-order chi connectivity index (χ0) is 8.53. The lowest BCUT2D eigenvalue weighted by molar-refractivity contribution is 0.636. The largest absolute Gasteiger partial charge is 0.313 e. The fourth-order valence-electron chi connectivity index (χ4n) is 0.890. The first kappa shape index (κ1) is 10.7. The van der Waals surface area contributed by atoms with Gasteiger partial charge in [0.1, 0.15) is 0 Å². The molecule has 0 saturated heterocycles. The molecule has 0 aromatic heterocycles. The van der Waals surface area contributed by atoms with Crippen LogP contribution < -0.4 is 5.32 Å². The molecule has 1 N–H and O–H groups in total. The molecule has 0 fully saturated rings. The molecule has 0 atom stereocenters. The van der Waals surface area contributed by atoms with Crippen molar-refractivity contribution in [2.24, 2.45) is 0 Å². The summed E-state index contributed by atoms with van der Waals surface area (Å²) in [6.45, 7) is 10.5. The SMILES string of the molecule is C=C(CC)CNCCCCC. The van der Waals surface area contributed by atoms with Crippen molar-refractivity contribution in [2.45, 2.75) is 39.5 Å². The van der Waals surface area contributed by atoms with Gasteiger partial charge in [-0.2, -0.15) is 0 Å². The Bertz CT molecular complexity index is 97.0. The summed E-state index contributed by atoms with van der Waals surface area (Å²) in [5.41, 5.74) is 1.31. The lowest BCUT2D eigenvalue weighted by atomic mass is 10.2. The third-order valence-electron chi connectivity index (χ3n) is 1.83. The van der Waals surface area contributed by atoms with Gasteiger partial charge in [0.25, 0.3) is 0 Å². The lowest BCUT2D eigenvalue weighted by Gasteiger charge is -2.04. The summed E-state index contributed by atoms with van der Waals surface area (Å²) < 4.78 is 0. The van der Waals surface area contributed by atoms with Crippen LogP contribution in [0.2, 0.25) is 0 Å². The van der Waals surface area contributed by atoms with Gasteiger partial charge < -0.3 is 5.32 Å². The van der Waals surface area contributed by atoms with Crippen LogP contribution in [0.5, 0.6) is 0 Å². The summed E-state index contributed by atoms with van der Waals surface area (Å²) >= 11 is 0. The molecule has 0 aliphatic carbocycles. The molecule has 0 aliphatic rings. The van der Waals surface area contributed by atoms with Crippen molar-refractivity contribution in [3.05, 3.63) is 12.2 Å². The maximum Gasteiger partial charge on any atom is 0.0161 e. The number of nitrogens with one attached hydrogen (secondary N) is 1. The average Bonchev–Trinajstić information content (AvgIpc) is 2.04. The Morgan fingerprint density at radius 2 is 2.00 bits per heavy atom. The second kappa shape index (κ2) is 7.80. The van der Waals surface area contributed by atoms with E-state index >= 15 is 0 Å². The van der Waals surface area contributed by atoms with Gasteiger partial charge >= 0.3 is 0 Å². The summed E-state index contributed by atoms with van der Waals surface area (Å²) in [7, 11) is 0. The minimum absolute atomic E-state index is 1.00. The molecule has 1 nitrogen and oxygen atoms in total. The second-order valence-corrected chi connectivity index (χ2v) is 2.99. The molecule has 0 rings (SSSR count). The van der Waals surface area contributed by atoms with Crippen LogP contribution in [-0.2, 0) is 0 Å². The van der Waals surface area contributed by atoms with Crippen LogP contribution in [0.3, 0.4) is 0 Å². The zero-order valence-corrected chi connectivity index (χ0v) is 7.95. The molecule has 0 aromatic carbocycles. The summed E-state index contributed by atoms with van der Waals surface area (Å²) in [5.74, 6) is 0. The van der Waals surface area contributed by atoms with Crippen molar-refractivity contribution in [2.75, 3.05) is 13.1 Å². The number of hydrogen-bond donors (Lipinski definition) is 1. The molecule has 11 heavy (non-hydrogen) atoms. The van der Waals surface area contributed by atoms with Crippen LogP contribution in [0.25, 0.3) is 0 Å². The van der Waals surface area contributed by atoms with Gasteiger partial charge in [-0.25, -0.2) is 0 Å². The van der Waals surface area contributed by atoms with Gasteiger partial charge in [0.05, 0.1) is 0 Å². The first-order valence-electron chi connectivity index (χ1n) is 4.68. The van der Waals surface area contributed by atoms with E-state index in [1.165, 1.54) is 24.8 Å². The Labute approximate surface area is 70.9 Å². The van der Waals surface area contributed by atoms with Crippen molar-refractivity contribution in [1.82, 2.24) is 5.32 Å². The van der Waals surface area contributed by atoms with Crippen LogP contribution in [0.15, 0.2) is 12.2 Å². The Kier molecular flexibility index (Phi) is 7.59. The molecule has 1 heteroatoms. The highest BCUT2D eigenvalue weighted by atomic mass is 14.8. The molecule has 0 aliphatic heterocycles. The normalized spacial score (nSPS) is 10.0. The van der Waals surface area contributed by atoms with E-state index in [4.69, 9.17) is 0 Å². The quantitative estimate of drug-likeness (QED) is 0.440. The molecule has 0 spiro atoms. The van der Waals surface area contributed by atoms with Crippen LogP contribution in [-0.4, -0.2) is 13.1 Å². The van der Waals surface area contributed by atoms with E-state index in [-0.39, 0.29) is 0 Å². The van der Waals surface area contributed by atoms with Crippen LogP contribution >= 0.6 is 0 Å². The number of rotatable bonds is 7. The van der Waals surface area contributed by atoms with E-state index < -0.39 is 0 Å². The first-order chi connectivity index (χ1) is 5.31. The van der Waals surface area contributed by atoms with E-state index in [1.54, 1.807) is 0 Å². The molecule has 0 unspecified atom stereocenters. The molecule has 0 radical (unpaired) electrons. The highest BCUT2D eigenvalue weighted by Gasteiger charge is 1.89. The predicted octanol–water partition coefficient (Wildman–Crippen LogP) is 2.73. The van der Waals surface area contributed by atoms with E-state index in [0.717, 1.165) is 19.5 Å². The van der Waals surface area contributed by atoms with Crippen molar-refractivity contribution < 1.29 is 0 Å². The number of hydrogen-bond acceptors (Lipinski definition) is 1. The molecule has 0 saturated carbocycles. The molecule has 66 valence electrons. The lowest BCUT2D eigenvalue weighted by Crippen LogP contribution is -2.17. The molecule has 0 aromatic rings. The maximum atomic E-state index is 3.93. The van der Waals surface area contributed by atoms with Crippen molar-refractivity contribution >= 4 is 0 Å². The first-order valence-corrected chi connectivity index (χ1v) is 4.68. The average molecular weight is 155 g/mol. The minimum Gasteiger partial charge on any atom is -0.313 e. The summed E-state index contributed by atoms with van der Waals surface area (Å²) in [4.78, 5) is 0. The predicted molar refractivity (Wildman–Crippen MR) is 51.8 cm³/mol. The van der Waals surface area contributed by atoms with E-state index in [2.05, 4.69) is 25.7 Å². The number of unbranched alkanes of at least 4 members (excludes halogenated alkanes) is 2. The van der Waals surface area contributed by atoms with Gasteiger partial charge in [-0.15, -0.1) is 0 Å². The fraction of sp³-hybridized carbons (Fsp3) is 0.800. The monoisotopic (exact) mass is 155 g/mol. The summed E-state index contributed by atoms with van der Waals surface area (Å²) in [6, 6.07) is 0. The highest BCUT2D eigenvalue weighted by Crippen LogP contribution is 1.94. The smallest absolute Gasteiger partial charge is 0.0161 e. The second-order valence-electron chi connectivity index (χ2n) is 2.99. The van der Waals surface area contributed by atoms with Gasteiger partial charge in [-0.1, -0.05) is 38.8 Å². The van der Waals surface area contributed by atoms with Gasteiger partial charge in [-0.05, 0) is 19.4 Å². The van der Waals surface area contributed by atoms with E-state index in [0.29, 0.717) is 0 Å². The van der Waals surface area contributed by atoms with E-state index in [9.17, 15) is 0 Å². The third-order valence-corrected chi connectivity index (χ3v) is 1.83. The third kappa shape index (κ3) is 7.60. The Balaban J connectivity index is 2.95. The Hall–Kier alpha value is -0.300. The van der Waals surface area contributed by atoms with Gasteiger partial charge in [0, 0.05) is 6.54 Å². The van der Waals surface area contributed by atoms with Crippen molar-refractivity contribution in [3.63, 3.8) is 0 Å². The molecular weight excluding hydrogens is 134 g/mol. The molecule has 0 heterocycles. The Morgan fingerprint density at radius 3 is 2.55 bits per heavy atom. The molecular formula is C10H21N. The van der Waals surface area contributed by atoms with Crippen molar-refractivity contribution in [1.29, 1.82) is 0 Å². The van der Waals surface area contributed by atoms with Gasteiger partial charge in [-0.3, -0.25) is 0 Å². The molecule has 0 bridgehead atoms. The van der Waals surface area contributed by atoms with Crippen LogP contribution in [0, 0.1) is 0 Å². The summed E-state index contributed by atoms with van der Waals surface area (Å²) in [5, 5.41) is 3.37. The summed E-state index contributed by atoms with van der Waals surface area (Å²) in [6.07, 6.45) is 5.04. The Morgan fingerprint density at radius 1 is 1.27 bits per heavy atom. The fourth-order valence-corrected chi connectivity index (χ4v) is 0.890. The highest BCUT2D eigenvalue weighted by molar-refractivity contribution is 4.94. The van der Waals surface area contributed by atoms with Gasteiger partial charge in [0.15, 0.2) is 0 Å². The van der Waals surface area contributed by atoms with E-state index in [1.807, 2.05) is 0 Å². The van der Waals surface area contributed by atoms with Gasteiger partial charge in [0.2, 0.25) is 0 Å². The molecule has 0 amide bonds. The zero-order valence-electron chi connectivity index (χ0n) is 7.95. The topological polar surface area (TPSA) is 12.0 Å². The van der Waals surface area contributed by atoms with Crippen LogP contribution in [0.1, 0.15) is 39.5 Å². The maximum absolute atomic E-state index is 3.93. The van der Waals surface area contributed by atoms with Crippen LogP contribution in [0.4, 0.5) is 0 Å². The standard InChI is InChI=1S/C10H21N/c1-4-6-7-8-11-9-10(3)5-2/h11H,3-9H2,1-2H3. The minimum atomic E-state index is 1.00. The van der Waals surface area contributed by atoms with Crippen molar-refractivity contribution in [3.8, 4) is 0 Å².